The highest BCUT2D eigenvalue weighted by Gasteiger charge is 2.28. The van der Waals surface area contributed by atoms with Gasteiger partial charge in [-0.05, 0) is 18.4 Å². The molecule has 0 spiro atoms. The van der Waals surface area contributed by atoms with Gasteiger partial charge in [-0.3, -0.25) is 9.59 Å². The van der Waals surface area contributed by atoms with E-state index < -0.39 is 24.0 Å². The quantitative estimate of drug-likeness (QED) is 0.737. The summed E-state index contributed by atoms with van der Waals surface area (Å²) in [6.07, 6.45) is 0.324. The molecule has 0 aliphatic heterocycles. The highest BCUT2D eigenvalue weighted by Crippen LogP contribution is 2.09. The van der Waals surface area contributed by atoms with Crippen LogP contribution in [0.15, 0.2) is 24.3 Å². The summed E-state index contributed by atoms with van der Waals surface area (Å²) in [5.74, 6) is -1.32. The number of methoxy groups -OCH3 is 1. The van der Waals surface area contributed by atoms with E-state index in [2.05, 4.69) is 10.6 Å². The average molecular weight is 334 g/mol. The number of nitrogens with one attached hydrogen (secondary N) is 2. The zero-order valence-corrected chi connectivity index (χ0v) is 14.9. The molecule has 0 aliphatic rings. The molecule has 0 aromatic heterocycles. The minimum atomic E-state index is -0.806. The van der Waals surface area contributed by atoms with Gasteiger partial charge in [0.05, 0.1) is 7.11 Å². The molecule has 1 aromatic carbocycles. The number of rotatable bonds is 7. The Morgan fingerprint density at radius 3 is 2.33 bits per heavy atom. The molecule has 0 fully saturated rings. The van der Waals surface area contributed by atoms with E-state index >= 15 is 0 Å². The fourth-order valence-electron chi connectivity index (χ4n) is 2.43. The number of hydrogen-bond donors (Lipinski definition) is 2. The Hall–Kier alpha value is -2.37. The second-order valence-corrected chi connectivity index (χ2v) is 6.20. The van der Waals surface area contributed by atoms with Crippen molar-refractivity contribution in [3.8, 4) is 0 Å². The third-order valence-electron chi connectivity index (χ3n) is 3.63. The van der Waals surface area contributed by atoms with Crippen LogP contribution in [0.4, 0.5) is 0 Å². The third-order valence-corrected chi connectivity index (χ3v) is 3.63. The standard InChI is InChI=1S/C18H26N2O4/c1-11(2)16(19-13(4)21)17(22)20-15(18(23)24-5)10-14-8-6-7-12(3)9-14/h6-9,11,15-16H,10H2,1-5H3,(H,19,21)(H,20,22)/t15-,16-/m1/s1. The molecule has 132 valence electrons. The van der Waals surface area contributed by atoms with Crippen LogP contribution < -0.4 is 10.6 Å². The lowest BCUT2D eigenvalue weighted by atomic mass is 10.0. The van der Waals surface area contributed by atoms with Gasteiger partial charge in [0, 0.05) is 13.3 Å². The molecule has 6 heteroatoms. The molecular weight excluding hydrogens is 308 g/mol. The van der Waals surface area contributed by atoms with E-state index in [1.54, 1.807) is 0 Å². The maximum atomic E-state index is 12.5. The summed E-state index contributed by atoms with van der Waals surface area (Å²) in [7, 11) is 1.28. The predicted octanol–water partition coefficient (Wildman–Crippen LogP) is 1.36. The zero-order valence-electron chi connectivity index (χ0n) is 14.9. The Labute approximate surface area is 143 Å². The molecule has 0 saturated carbocycles. The van der Waals surface area contributed by atoms with Crippen molar-refractivity contribution in [2.45, 2.75) is 46.2 Å². The molecule has 0 bridgehead atoms. The van der Waals surface area contributed by atoms with E-state index in [0.29, 0.717) is 6.42 Å². The van der Waals surface area contributed by atoms with Crippen LogP contribution in [0.3, 0.4) is 0 Å². The van der Waals surface area contributed by atoms with Gasteiger partial charge in [-0.1, -0.05) is 43.7 Å². The summed E-state index contributed by atoms with van der Waals surface area (Å²) in [5, 5.41) is 5.31. The average Bonchev–Trinajstić information content (AvgIpc) is 2.50. The lowest BCUT2D eigenvalue weighted by Gasteiger charge is -2.24. The maximum absolute atomic E-state index is 12.5. The summed E-state index contributed by atoms with van der Waals surface area (Å²) >= 11 is 0. The molecule has 2 amide bonds. The van der Waals surface area contributed by atoms with Crippen molar-refractivity contribution in [2.75, 3.05) is 7.11 Å². The summed E-state index contributed by atoms with van der Waals surface area (Å²) in [4.78, 5) is 35.8. The molecule has 0 unspecified atom stereocenters. The van der Waals surface area contributed by atoms with Gasteiger partial charge in [-0.25, -0.2) is 4.79 Å². The van der Waals surface area contributed by atoms with Crippen LogP contribution in [0.5, 0.6) is 0 Å². The minimum Gasteiger partial charge on any atom is -0.467 e. The molecule has 0 heterocycles. The second kappa shape index (κ2) is 9.05. The molecule has 0 radical (unpaired) electrons. The van der Waals surface area contributed by atoms with Crippen molar-refractivity contribution < 1.29 is 19.1 Å². The molecule has 2 N–H and O–H groups in total. The smallest absolute Gasteiger partial charge is 0.328 e. The van der Waals surface area contributed by atoms with Gasteiger partial charge in [0.1, 0.15) is 12.1 Å². The topological polar surface area (TPSA) is 84.5 Å². The molecule has 1 aromatic rings. The predicted molar refractivity (Wildman–Crippen MR) is 91.3 cm³/mol. The monoisotopic (exact) mass is 334 g/mol. The largest absolute Gasteiger partial charge is 0.467 e. The first kappa shape index (κ1) is 19.7. The lowest BCUT2D eigenvalue weighted by Crippen LogP contribution is -2.54. The summed E-state index contributed by atoms with van der Waals surface area (Å²) in [6, 6.07) is 6.20. The van der Waals surface area contributed by atoms with Crippen LogP contribution in [-0.4, -0.2) is 37.0 Å². The van der Waals surface area contributed by atoms with Gasteiger partial charge in [-0.15, -0.1) is 0 Å². The first-order chi connectivity index (χ1) is 11.2. The molecular formula is C18H26N2O4. The van der Waals surface area contributed by atoms with Crippen LogP contribution in [0.1, 0.15) is 31.9 Å². The Morgan fingerprint density at radius 1 is 1.17 bits per heavy atom. The highest BCUT2D eigenvalue weighted by molar-refractivity contribution is 5.90. The first-order valence-corrected chi connectivity index (χ1v) is 7.95. The number of aryl methyl sites for hydroxylation is 1. The van der Waals surface area contributed by atoms with Crippen LogP contribution in [0.2, 0.25) is 0 Å². The molecule has 1 rings (SSSR count). The van der Waals surface area contributed by atoms with Gasteiger partial charge >= 0.3 is 5.97 Å². The number of carbonyl (C=O) groups is 3. The van der Waals surface area contributed by atoms with Crippen molar-refractivity contribution in [2.24, 2.45) is 5.92 Å². The van der Waals surface area contributed by atoms with Crippen LogP contribution in [-0.2, 0) is 25.5 Å². The number of benzene rings is 1. The number of ether oxygens (including phenoxy) is 1. The highest BCUT2D eigenvalue weighted by atomic mass is 16.5. The van der Waals surface area contributed by atoms with Crippen molar-refractivity contribution in [1.82, 2.24) is 10.6 Å². The Morgan fingerprint density at radius 2 is 1.83 bits per heavy atom. The Bertz CT molecular complexity index is 598. The van der Waals surface area contributed by atoms with Crippen LogP contribution in [0.25, 0.3) is 0 Å². The van der Waals surface area contributed by atoms with Crippen LogP contribution >= 0.6 is 0 Å². The summed E-state index contributed by atoms with van der Waals surface area (Å²) < 4.78 is 4.80. The van der Waals surface area contributed by atoms with Crippen molar-refractivity contribution in [3.05, 3.63) is 35.4 Å². The van der Waals surface area contributed by atoms with Gasteiger partial charge in [-0.2, -0.15) is 0 Å². The lowest BCUT2D eigenvalue weighted by molar-refractivity contribution is -0.145. The van der Waals surface area contributed by atoms with Crippen LogP contribution in [0, 0.1) is 12.8 Å². The van der Waals surface area contributed by atoms with E-state index in [0.717, 1.165) is 11.1 Å². The number of hydrogen-bond acceptors (Lipinski definition) is 4. The van der Waals surface area contributed by atoms with Gasteiger partial charge < -0.3 is 15.4 Å². The number of esters is 1. The second-order valence-electron chi connectivity index (χ2n) is 6.20. The fraction of sp³-hybridized carbons (Fsp3) is 0.500. The van der Waals surface area contributed by atoms with E-state index in [4.69, 9.17) is 4.74 Å². The van der Waals surface area contributed by atoms with Gasteiger partial charge in [0.25, 0.3) is 0 Å². The van der Waals surface area contributed by atoms with Gasteiger partial charge in [0.15, 0.2) is 0 Å². The number of carbonyl (C=O) groups excluding carboxylic acids is 3. The van der Waals surface area contributed by atoms with Crippen molar-refractivity contribution in [3.63, 3.8) is 0 Å². The summed E-state index contributed by atoms with van der Waals surface area (Å²) in [5.41, 5.74) is 1.99. The van der Waals surface area contributed by atoms with E-state index in [-0.39, 0.29) is 11.8 Å². The van der Waals surface area contributed by atoms with E-state index in [1.807, 2.05) is 45.0 Å². The Kier molecular flexibility index (Phi) is 7.42. The van der Waals surface area contributed by atoms with E-state index in [1.165, 1.54) is 14.0 Å². The maximum Gasteiger partial charge on any atom is 0.328 e. The van der Waals surface area contributed by atoms with E-state index in [9.17, 15) is 14.4 Å². The molecule has 0 aliphatic carbocycles. The first-order valence-electron chi connectivity index (χ1n) is 7.95. The summed E-state index contributed by atoms with van der Waals surface area (Å²) in [6.45, 7) is 6.97. The molecule has 6 nitrogen and oxygen atoms in total. The molecule has 24 heavy (non-hydrogen) atoms. The van der Waals surface area contributed by atoms with Gasteiger partial charge in [0.2, 0.25) is 11.8 Å². The normalized spacial score (nSPS) is 13.1. The zero-order chi connectivity index (χ0) is 18.3. The fourth-order valence-corrected chi connectivity index (χ4v) is 2.43. The minimum absolute atomic E-state index is 0.105. The third kappa shape index (κ3) is 6.02. The van der Waals surface area contributed by atoms with Crippen molar-refractivity contribution in [1.29, 1.82) is 0 Å². The number of amides is 2. The Balaban J connectivity index is 2.90. The molecule has 2 atom stereocenters. The molecule has 0 saturated heterocycles. The SMILES string of the molecule is COC(=O)[C@@H](Cc1cccc(C)c1)NC(=O)[C@H](NC(C)=O)C(C)C. The van der Waals surface area contributed by atoms with Crippen molar-refractivity contribution >= 4 is 17.8 Å².